The highest BCUT2D eigenvalue weighted by Crippen LogP contribution is 2.44. The summed E-state index contributed by atoms with van der Waals surface area (Å²) in [7, 11) is 0. The minimum Gasteiger partial charge on any atom is -0.449 e. The predicted molar refractivity (Wildman–Crippen MR) is 121 cm³/mol. The summed E-state index contributed by atoms with van der Waals surface area (Å²) in [5.74, 6) is 6.06. The van der Waals surface area contributed by atoms with Crippen molar-refractivity contribution in [2.75, 3.05) is 13.2 Å². The molecule has 0 saturated heterocycles. The molecule has 0 heterocycles. The molecule has 4 heteroatoms. The number of carbonyl (C=O) groups is 1. The summed E-state index contributed by atoms with van der Waals surface area (Å²) in [6.07, 6.45) is -0.463. The second-order valence-electron chi connectivity index (χ2n) is 7.40. The van der Waals surface area contributed by atoms with Gasteiger partial charge in [-0.3, -0.25) is 0 Å². The fourth-order valence-corrected chi connectivity index (χ4v) is 4.04. The van der Waals surface area contributed by atoms with E-state index in [9.17, 15) is 4.79 Å². The Balaban J connectivity index is 1.35. The van der Waals surface area contributed by atoms with E-state index < -0.39 is 6.09 Å². The Morgan fingerprint density at radius 2 is 1.57 bits per heavy atom. The SMILES string of the molecule is Cc1cc(C#CCNC(=O)OCC2c3ccccc3-c3ccccc32)cc(C)c1Cl. The van der Waals surface area contributed by atoms with Gasteiger partial charge >= 0.3 is 6.09 Å². The molecular formula is C26H22ClNO2. The summed E-state index contributed by atoms with van der Waals surface area (Å²) in [5, 5.41) is 3.47. The molecule has 0 saturated carbocycles. The maximum atomic E-state index is 12.2. The maximum absolute atomic E-state index is 12.2. The first-order chi connectivity index (χ1) is 14.5. The van der Waals surface area contributed by atoms with E-state index in [1.165, 1.54) is 22.3 Å². The molecular weight excluding hydrogens is 394 g/mol. The van der Waals surface area contributed by atoms with Crippen LogP contribution in [0.2, 0.25) is 5.02 Å². The molecule has 0 spiro atoms. The highest BCUT2D eigenvalue weighted by Gasteiger charge is 2.28. The number of fused-ring (bicyclic) bond motifs is 3. The Labute approximate surface area is 182 Å². The summed E-state index contributed by atoms with van der Waals surface area (Å²) in [5.41, 5.74) is 7.67. The highest BCUT2D eigenvalue weighted by molar-refractivity contribution is 6.32. The third-order valence-electron chi connectivity index (χ3n) is 5.33. The summed E-state index contributed by atoms with van der Waals surface area (Å²) < 4.78 is 5.51. The van der Waals surface area contributed by atoms with Crippen molar-refractivity contribution >= 4 is 17.7 Å². The average Bonchev–Trinajstić information content (AvgIpc) is 3.07. The molecule has 3 aromatic rings. The summed E-state index contributed by atoms with van der Waals surface area (Å²) in [6, 6.07) is 20.4. The summed E-state index contributed by atoms with van der Waals surface area (Å²) in [4.78, 5) is 12.2. The van der Waals surface area contributed by atoms with E-state index in [1.807, 2.05) is 50.2 Å². The lowest BCUT2D eigenvalue weighted by Crippen LogP contribution is -2.26. The quantitative estimate of drug-likeness (QED) is 0.545. The van der Waals surface area contributed by atoms with Crippen molar-refractivity contribution in [1.82, 2.24) is 5.32 Å². The molecule has 0 radical (unpaired) electrons. The topological polar surface area (TPSA) is 38.3 Å². The molecule has 1 aliphatic carbocycles. The van der Waals surface area contributed by atoms with Crippen LogP contribution in [0.25, 0.3) is 11.1 Å². The second-order valence-corrected chi connectivity index (χ2v) is 7.78. The van der Waals surface area contributed by atoms with Gasteiger partial charge in [0.05, 0.1) is 6.54 Å². The minimum absolute atomic E-state index is 0.0502. The van der Waals surface area contributed by atoms with Gasteiger partial charge in [0, 0.05) is 16.5 Å². The van der Waals surface area contributed by atoms with Crippen molar-refractivity contribution in [3.8, 4) is 23.0 Å². The van der Waals surface area contributed by atoms with Gasteiger partial charge in [0.2, 0.25) is 0 Å². The van der Waals surface area contributed by atoms with Gasteiger partial charge < -0.3 is 10.1 Å². The van der Waals surface area contributed by atoms with Gasteiger partial charge in [0.25, 0.3) is 0 Å². The van der Waals surface area contributed by atoms with Crippen LogP contribution in [-0.4, -0.2) is 19.2 Å². The Kier molecular flexibility index (Phi) is 5.79. The molecule has 1 N–H and O–H groups in total. The van der Waals surface area contributed by atoms with Crippen molar-refractivity contribution in [3.05, 3.63) is 93.5 Å². The first-order valence-electron chi connectivity index (χ1n) is 9.89. The number of nitrogens with one attached hydrogen (secondary N) is 1. The van der Waals surface area contributed by atoms with Gasteiger partial charge in [-0.25, -0.2) is 4.79 Å². The number of halogens is 1. The monoisotopic (exact) mass is 415 g/mol. The van der Waals surface area contributed by atoms with Gasteiger partial charge in [-0.15, -0.1) is 0 Å². The molecule has 3 aromatic carbocycles. The molecule has 1 aliphatic rings. The van der Waals surface area contributed by atoms with Crippen LogP contribution in [0.1, 0.15) is 33.7 Å². The summed E-state index contributed by atoms with van der Waals surface area (Å²) in [6.45, 7) is 4.42. The molecule has 0 unspecified atom stereocenters. The zero-order chi connectivity index (χ0) is 21.1. The van der Waals surface area contributed by atoms with Gasteiger partial charge in [-0.1, -0.05) is 72.0 Å². The van der Waals surface area contributed by atoms with Crippen molar-refractivity contribution in [1.29, 1.82) is 0 Å². The Morgan fingerprint density at radius 1 is 1.00 bits per heavy atom. The van der Waals surface area contributed by atoms with E-state index in [0.29, 0.717) is 6.61 Å². The van der Waals surface area contributed by atoms with Crippen molar-refractivity contribution < 1.29 is 9.53 Å². The molecule has 0 fully saturated rings. The molecule has 0 bridgehead atoms. The van der Waals surface area contributed by atoms with Gasteiger partial charge in [0.15, 0.2) is 0 Å². The highest BCUT2D eigenvalue weighted by atomic mass is 35.5. The zero-order valence-electron chi connectivity index (χ0n) is 17.0. The molecule has 3 nitrogen and oxygen atoms in total. The fourth-order valence-electron chi connectivity index (χ4n) is 3.93. The number of benzene rings is 3. The fraction of sp³-hybridized carbons (Fsp3) is 0.192. The molecule has 1 amide bonds. The summed E-state index contributed by atoms with van der Waals surface area (Å²) >= 11 is 6.18. The number of hydrogen-bond donors (Lipinski definition) is 1. The maximum Gasteiger partial charge on any atom is 0.407 e. The standard InChI is InChI=1S/C26H22ClNO2/c1-17-14-19(15-18(2)25(17)27)8-7-13-28-26(29)30-16-24-22-11-5-3-9-20(22)21-10-4-6-12-23(21)24/h3-6,9-12,14-15,24H,13,16H2,1-2H3,(H,28,29). The van der Waals surface area contributed by atoms with Crippen molar-refractivity contribution in [2.24, 2.45) is 0 Å². The number of hydrogen-bond acceptors (Lipinski definition) is 2. The van der Waals surface area contributed by atoms with Crippen LogP contribution >= 0.6 is 11.6 Å². The smallest absolute Gasteiger partial charge is 0.407 e. The van der Waals surface area contributed by atoms with E-state index in [1.54, 1.807) is 0 Å². The lowest BCUT2D eigenvalue weighted by molar-refractivity contribution is 0.144. The Bertz CT molecular complexity index is 1100. The molecule has 0 aliphatic heterocycles. The number of amides is 1. The van der Waals surface area contributed by atoms with E-state index >= 15 is 0 Å². The van der Waals surface area contributed by atoms with Crippen molar-refractivity contribution in [2.45, 2.75) is 19.8 Å². The van der Waals surface area contributed by atoms with E-state index in [-0.39, 0.29) is 12.5 Å². The van der Waals surface area contributed by atoms with Crippen LogP contribution in [0.3, 0.4) is 0 Å². The molecule has 30 heavy (non-hydrogen) atoms. The average molecular weight is 416 g/mol. The number of rotatable bonds is 3. The van der Waals surface area contributed by atoms with Crippen LogP contribution in [0.15, 0.2) is 60.7 Å². The minimum atomic E-state index is -0.463. The van der Waals surface area contributed by atoms with Gasteiger partial charge in [-0.2, -0.15) is 0 Å². The normalized spacial score (nSPS) is 11.8. The number of ether oxygens (including phenoxy) is 1. The second kappa shape index (κ2) is 8.65. The Morgan fingerprint density at radius 3 is 2.17 bits per heavy atom. The number of alkyl carbamates (subject to hydrolysis) is 1. The lowest BCUT2D eigenvalue weighted by Gasteiger charge is -2.14. The third kappa shape index (κ3) is 4.06. The van der Waals surface area contributed by atoms with Crippen molar-refractivity contribution in [3.63, 3.8) is 0 Å². The first-order valence-corrected chi connectivity index (χ1v) is 10.3. The first kappa shape index (κ1) is 20.1. The van der Waals surface area contributed by atoms with E-state index in [0.717, 1.165) is 21.7 Å². The predicted octanol–water partition coefficient (Wildman–Crippen LogP) is 5.85. The zero-order valence-corrected chi connectivity index (χ0v) is 17.7. The molecule has 0 atom stereocenters. The number of carbonyl (C=O) groups excluding carboxylic acids is 1. The van der Waals surface area contributed by atoms with Gasteiger partial charge in [0.1, 0.15) is 6.61 Å². The van der Waals surface area contributed by atoms with Crippen LogP contribution in [-0.2, 0) is 4.74 Å². The Hall–Kier alpha value is -3.22. The van der Waals surface area contributed by atoms with E-state index in [2.05, 4.69) is 41.4 Å². The molecule has 0 aromatic heterocycles. The van der Waals surface area contributed by atoms with Crippen LogP contribution in [0.5, 0.6) is 0 Å². The largest absolute Gasteiger partial charge is 0.449 e. The number of aryl methyl sites for hydroxylation is 2. The van der Waals surface area contributed by atoms with Crippen LogP contribution in [0.4, 0.5) is 4.79 Å². The molecule has 4 rings (SSSR count). The van der Waals surface area contributed by atoms with Crippen LogP contribution < -0.4 is 5.32 Å². The van der Waals surface area contributed by atoms with E-state index in [4.69, 9.17) is 16.3 Å². The van der Waals surface area contributed by atoms with Gasteiger partial charge in [-0.05, 0) is 59.4 Å². The molecule has 150 valence electrons. The van der Waals surface area contributed by atoms with Crippen LogP contribution in [0, 0.1) is 25.7 Å². The lowest BCUT2D eigenvalue weighted by atomic mass is 9.98. The third-order valence-corrected chi connectivity index (χ3v) is 5.93.